The molecule has 21 heavy (non-hydrogen) atoms. The molecule has 2 unspecified atom stereocenters. The summed E-state index contributed by atoms with van der Waals surface area (Å²) >= 11 is 0. The number of hydrogen-bond acceptors (Lipinski definition) is 3. The third kappa shape index (κ3) is 6.33. The number of likely N-dealkylation sites (N-methyl/N-ethyl adjacent to an activating group) is 1. The van der Waals surface area contributed by atoms with Crippen molar-refractivity contribution in [3.8, 4) is 0 Å². The molecule has 1 aliphatic rings. The van der Waals surface area contributed by atoms with Gasteiger partial charge in [0.2, 0.25) is 0 Å². The van der Waals surface area contributed by atoms with Crippen molar-refractivity contribution in [1.29, 1.82) is 0 Å². The van der Waals surface area contributed by atoms with Crippen molar-refractivity contribution in [2.24, 2.45) is 0 Å². The highest BCUT2D eigenvalue weighted by molar-refractivity contribution is 5.75. The SMILES string of the molecule is CCC1CN(C)CCCN1C(=O)NC(C)CCCC(=O)O. The van der Waals surface area contributed by atoms with E-state index in [0.29, 0.717) is 12.8 Å². The fraction of sp³-hybridized carbons (Fsp3) is 0.867. The van der Waals surface area contributed by atoms with Crippen molar-refractivity contribution >= 4 is 12.0 Å². The Labute approximate surface area is 127 Å². The van der Waals surface area contributed by atoms with Crippen LogP contribution < -0.4 is 5.32 Å². The lowest BCUT2D eigenvalue weighted by molar-refractivity contribution is -0.137. The fourth-order valence-electron chi connectivity index (χ4n) is 2.79. The molecule has 6 heteroatoms. The molecule has 1 fully saturated rings. The van der Waals surface area contributed by atoms with Crippen molar-refractivity contribution in [3.05, 3.63) is 0 Å². The number of amides is 2. The molecule has 122 valence electrons. The van der Waals surface area contributed by atoms with Gasteiger partial charge >= 0.3 is 12.0 Å². The molecule has 1 heterocycles. The van der Waals surface area contributed by atoms with E-state index in [-0.39, 0.29) is 24.5 Å². The Morgan fingerprint density at radius 1 is 1.38 bits per heavy atom. The van der Waals surface area contributed by atoms with Crippen molar-refractivity contribution in [2.45, 2.75) is 58.0 Å². The standard InChI is InChI=1S/C15H29N3O3/c1-4-13-11-17(3)9-6-10-18(13)15(21)16-12(2)7-5-8-14(19)20/h12-13H,4-11H2,1-3H3,(H,16,21)(H,19,20). The van der Waals surface area contributed by atoms with Crippen molar-refractivity contribution in [3.63, 3.8) is 0 Å². The first-order chi connectivity index (χ1) is 9.93. The summed E-state index contributed by atoms with van der Waals surface area (Å²) in [6.45, 7) is 6.77. The second-order valence-corrected chi connectivity index (χ2v) is 6.01. The smallest absolute Gasteiger partial charge is 0.317 e. The summed E-state index contributed by atoms with van der Waals surface area (Å²) in [6, 6.07) is 0.249. The van der Waals surface area contributed by atoms with Crippen LogP contribution in [0.25, 0.3) is 0 Å². The average Bonchev–Trinajstić information content (AvgIpc) is 2.59. The largest absolute Gasteiger partial charge is 0.481 e. The highest BCUT2D eigenvalue weighted by Gasteiger charge is 2.26. The molecule has 0 bridgehead atoms. The maximum Gasteiger partial charge on any atom is 0.317 e. The highest BCUT2D eigenvalue weighted by Crippen LogP contribution is 2.13. The predicted molar refractivity (Wildman–Crippen MR) is 82.4 cm³/mol. The summed E-state index contributed by atoms with van der Waals surface area (Å²) in [6.07, 6.45) is 3.39. The van der Waals surface area contributed by atoms with E-state index in [1.165, 1.54) is 0 Å². The second-order valence-electron chi connectivity index (χ2n) is 6.01. The summed E-state index contributed by atoms with van der Waals surface area (Å²) < 4.78 is 0. The highest BCUT2D eigenvalue weighted by atomic mass is 16.4. The lowest BCUT2D eigenvalue weighted by Crippen LogP contribution is -2.50. The van der Waals surface area contributed by atoms with Crippen LogP contribution in [0.5, 0.6) is 0 Å². The first kappa shape index (κ1) is 17.8. The monoisotopic (exact) mass is 299 g/mol. The zero-order chi connectivity index (χ0) is 15.8. The Bertz CT molecular complexity index is 349. The van der Waals surface area contributed by atoms with Gasteiger partial charge in [0.15, 0.2) is 0 Å². The number of carboxylic acid groups (broad SMARTS) is 1. The molecule has 6 nitrogen and oxygen atoms in total. The van der Waals surface area contributed by atoms with Gasteiger partial charge in [-0.3, -0.25) is 4.79 Å². The lowest BCUT2D eigenvalue weighted by Gasteiger charge is -2.31. The molecule has 0 aromatic rings. The molecule has 0 aliphatic carbocycles. The van der Waals surface area contributed by atoms with Gasteiger partial charge in [-0.1, -0.05) is 6.92 Å². The summed E-state index contributed by atoms with van der Waals surface area (Å²) in [4.78, 5) is 27.1. The third-order valence-corrected chi connectivity index (χ3v) is 4.03. The molecule has 0 aromatic carbocycles. The molecule has 1 aliphatic heterocycles. The molecule has 0 spiro atoms. The van der Waals surface area contributed by atoms with Crippen LogP contribution in [0.15, 0.2) is 0 Å². The number of nitrogens with zero attached hydrogens (tertiary/aromatic N) is 2. The van der Waals surface area contributed by atoms with Crippen LogP contribution in [0.1, 0.15) is 46.0 Å². The van der Waals surface area contributed by atoms with Gasteiger partial charge in [0.05, 0.1) is 0 Å². The first-order valence-corrected chi connectivity index (χ1v) is 7.91. The van der Waals surface area contributed by atoms with E-state index >= 15 is 0 Å². The Morgan fingerprint density at radius 2 is 2.10 bits per heavy atom. The van der Waals surface area contributed by atoms with Gasteiger partial charge in [-0.2, -0.15) is 0 Å². The van der Waals surface area contributed by atoms with E-state index in [0.717, 1.165) is 32.5 Å². The van der Waals surface area contributed by atoms with Crippen LogP contribution in [0.2, 0.25) is 0 Å². The molecule has 2 amide bonds. The molecule has 1 rings (SSSR count). The van der Waals surface area contributed by atoms with Crippen molar-refractivity contribution in [2.75, 3.05) is 26.7 Å². The Hall–Kier alpha value is -1.30. The van der Waals surface area contributed by atoms with Gasteiger partial charge in [-0.15, -0.1) is 0 Å². The summed E-state index contributed by atoms with van der Waals surface area (Å²) in [5.74, 6) is -0.782. The summed E-state index contributed by atoms with van der Waals surface area (Å²) in [7, 11) is 2.10. The number of carbonyl (C=O) groups excluding carboxylic acids is 1. The normalized spacial score (nSPS) is 21.7. The number of nitrogens with one attached hydrogen (secondary N) is 1. The van der Waals surface area contributed by atoms with E-state index in [1.807, 2.05) is 11.8 Å². The Kier molecular flexibility index (Phi) is 7.50. The van der Waals surface area contributed by atoms with Gasteiger partial charge in [-0.25, -0.2) is 4.79 Å². The Balaban J connectivity index is 2.46. The molecule has 0 radical (unpaired) electrons. The molecule has 0 aromatic heterocycles. The second kappa shape index (κ2) is 8.87. The number of hydrogen-bond donors (Lipinski definition) is 2. The van der Waals surface area contributed by atoms with Gasteiger partial charge in [0.25, 0.3) is 0 Å². The van der Waals surface area contributed by atoms with Gasteiger partial charge in [-0.05, 0) is 46.2 Å². The van der Waals surface area contributed by atoms with Gasteiger partial charge < -0.3 is 20.2 Å². The first-order valence-electron chi connectivity index (χ1n) is 7.91. The molecule has 0 saturated carbocycles. The van der Waals surface area contributed by atoms with E-state index in [2.05, 4.69) is 24.2 Å². The van der Waals surface area contributed by atoms with Gasteiger partial charge in [0, 0.05) is 31.6 Å². The number of rotatable bonds is 6. The van der Waals surface area contributed by atoms with Crippen LogP contribution in [0.4, 0.5) is 4.79 Å². The molecule has 1 saturated heterocycles. The van der Waals surface area contributed by atoms with Crippen LogP contribution >= 0.6 is 0 Å². The Morgan fingerprint density at radius 3 is 2.71 bits per heavy atom. The molecule has 2 N–H and O–H groups in total. The molecule has 2 atom stereocenters. The van der Waals surface area contributed by atoms with E-state index < -0.39 is 5.97 Å². The average molecular weight is 299 g/mol. The van der Waals surface area contributed by atoms with E-state index in [4.69, 9.17) is 5.11 Å². The van der Waals surface area contributed by atoms with Crippen LogP contribution in [-0.4, -0.2) is 65.7 Å². The molecular formula is C15H29N3O3. The number of carbonyl (C=O) groups is 2. The van der Waals surface area contributed by atoms with Crippen LogP contribution in [0.3, 0.4) is 0 Å². The van der Waals surface area contributed by atoms with Crippen LogP contribution in [0, 0.1) is 0 Å². The molecular weight excluding hydrogens is 270 g/mol. The summed E-state index contributed by atoms with van der Waals surface area (Å²) in [5, 5.41) is 11.6. The predicted octanol–water partition coefficient (Wildman–Crippen LogP) is 1.76. The van der Waals surface area contributed by atoms with E-state index in [9.17, 15) is 9.59 Å². The quantitative estimate of drug-likeness (QED) is 0.784. The fourth-order valence-corrected chi connectivity index (χ4v) is 2.79. The van der Waals surface area contributed by atoms with Crippen LogP contribution in [-0.2, 0) is 4.79 Å². The number of aliphatic carboxylic acids is 1. The summed E-state index contributed by atoms with van der Waals surface area (Å²) in [5.41, 5.74) is 0. The minimum absolute atomic E-state index is 0.00957. The van der Waals surface area contributed by atoms with E-state index in [1.54, 1.807) is 0 Å². The minimum Gasteiger partial charge on any atom is -0.481 e. The van der Waals surface area contributed by atoms with Crippen molar-refractivity contribution < 1.29 is 14.7 Å². The minimum atomic E-state index is -0.782. The third-order valence-electron chi connectivity index (χ3n) is 4.03. The number of carboxylic acids is 1. The lowest BCUT2D eigenvalue weighted by atomic mass is 10.1. The zero-order valence-corrected chi connectivity index (χ0v) is 13.5. The number of urea groups is 1. The maximum absolute atomic E-state index is 12.4. The van der Waals surface area contributed by atoms with Crippen molar-refractivity contribution in [1.82, 2.24) is 15.1 Å². The zero-order valence-electron chi connectivity index (χ0n) is 13.5. The topological polar surface area (TPSA) is 72.9 Å². The maximum atomic E-state index is 12.4. The van der Waals surface area contributed by atoms with Gasteiger partial charge in [0.1, 0.15) is 0 Å².